The van der Waals surface area contributed by atoms with Gasteiger partial charge in [0.1, 0.15) is 23.3 Å². The molecule has 2 N–H and O–H groups in total. The van der Waals surface area contributed by atoms with Crippen LogP contribution in [-0.4, -0.2) is 38.7 Å². The molecule has 9 heteroatoms. The van der Waals surface area contributed by atoms with Crippen molar-refractivity contribution < 1.29 is 18.3 Å². The van der Waals surface area contributed by atoms with Gasteiger partial charge in [0.25, 0.3) is 6.43 Å². The normalized spacial score (nSPS) is 16.3. The van der Waals surface area contributed by atoms with Gasteiger partial charge in [-0.25, -0.2) is 28.1 Å². The topological polar surface area (TPSA) is 74.2 Å². The van der Waals surface area contributed by atoms with E-state index in [4.69, 9.17) is 0 Å². The van der Waals surface area contributed by atoms with Crippen LogP contribution in [0, 0.1) is 18.7 Å². The van der Waals surface area contributed by atoms with E-state index in [1.807, 2.05) is 19.9 Å². The number of aromatic nitrogens is 3. The summed E-state index contributed by atoms with van der Waals surface area (Å²) < 4.78 is 41.0. The van der Waals surface area contributed by atoms with E-state index in [0.29, 0.717) is 17.2 Å². The number of aryl methyl sites for hydroxylation is 1. The zero-order valence-electron chi connectivity index (χ0n) is 19.8. The number of piperidine rings is 1. The average Bonchev–Trinajstić information content (AvgIpc) is 2.78. The average molecular weight is 474 g/mol. The fourth-order valence-electron chi connectivity index (χ4n) is 4.59. The van der Waals surface area contributed by atoms with Gasteiger partial charge in [0.05, 0.1) is 28.9 Å². The number of nitrogens with zero attached hydrogens (tertiary/aromatic N) is 4. The van der Waals surface area contributed by atoms with E-state index in [1.165, 1.54) is 12.1 Å². The molecule has 0 aliphatic carbocycles. The summed E-state index contributed by atoms with van der Waals surface area (Å²) in [5.41, 5.74) is -0.543. The number of alkyl halides is 2. The van der Waals surface area contributed by atoms with Crippen LogP contribution in [0.2, 0.25) is 0 Å². The summed E-state index contributed by atoms with van der Waals surface area (Å²) in [6.45, 7) is 8.69. The van der Waals surface area contributed by atoms with Crippen LogP contribution in [0.4, 0.5) is 24.8 Å². The first-order valence-corrected chi connectivity index (χ1v) is 11.5. The minimum Gasteiger partial charge on any atom is -0.390 e. The van der Waals surface area contributed by atoms with E-state index in [2.05, 4.69) is 25.2 Å². The van der Waals surface area contributed by atoms with Crippen LogP contribution in [0.3, 0.4) is 0 Å². The van der Waals surface area contributed by atoms with Crippen molar-refractivity contribution in [2.24, 2.45) is 5.92 Å². The molecule has 0 spiro atoms. The first-order chi connectivity index (χ1) is 16.0. The highest BCUT2D eigenvalue weighted by Crippen LogP contribution is 2.33. The minimum atomic E-state index is -2.89. The summed E-state index contributed by atoms with van der Waals surface area (Å²) in [4.78, 5) is 15.7. The lowest BCUT2D eigenvalue weighted by molar-refractivity contribution is 0.00646. The van der Waals surface area contributed by atoms with Gasteiger partial charge in [0.2, 0.25) is 0 Å². The molecular weight excluding hydrogens is 443 g/mol. The fourth-order valence-corrected chi connectivity index (χ4v) is 4.59. The summed E-state index contributed by atoms with van der Waals surface area (Å²) in [6, 6.07) is 5.32. The quantitative estimate of drug-likeness (QED) is 0.488. The van der Waals surface area contributed by atoms with Gasteiger partial charge in [-0.05, 0) is 52.5 Å². The largest absolute Gasteiger partial charge is 0.390 e. The highest BCUT2D eigenvalue weighted by atomic mass is 19.3. The third kappa shape index (κ3) is 4.94. The van der Waals surface area contributed by atoms with Crippen LogP contribution < -0.4 is 10.2 Å². The van der Waals surface area contributed by atoms with Gasteiger partial charge in [0, 0.05) is 24.0 Å². The Bertz CT molecular complexity index is 1170. The number of aliphatic hydroxyl groups is 1. The number of benzene rings is 1. The molecule has 4 rings (SSSR count). The number of anilines is 2. The van der Waals surface area contributed by atoms with Crippen LogP contribution in [-0.2, 0) is 0 Å². The Morgan fingerprint density at radius 3 is 2.47 bits per heavy atom. The zero-order chi connectivity index (χ0) is 24.6. The molecule has 1 aliphatic rings. The highest BCUT2D eigenvalue weighted by Gasteiger charge is 2.31. The summed E-state index contributed by atoms with van der Waals surface area (Å²) in [5, 5.41) is 14.2. The van der Waals surface area contributed by atoms with Crippen molar-refractivity contribution in [2.45, 2.75) is 58.6 Å². The van der Waals surface area contributed by atoms with Crippen LogP contribution >= 0.6 is 0 Å². The fraction of sp³-hybridized carbons (Fsp3) is 0.480. The molecule has 0 saturated carbocycles. The molecule has 34 heavy (non-hydrogen) atoms. The standard InChI is InChI=1S/C25H30F3N5O/c1-14(17-6-5-7-18(22(17)26)23(27)28)30-24-19-12-21(29-13-20(19)31-15(2)32-24)33-10-8-16(9-11-33)25(3,4)34/h5-7,12-14,16,23,34H,8-11H2,1-4H3,(H,30,31,32)/t14-/m1/s1. The van der Waals surface area contributed by atoms with E-state index >= 15 is 0 Å². The highest BCUT2D eigenvalue weighted by molar-refractivity contribution is 5.90. The Kier molecular flexibility index (Phi) is 6.66. The molecule has 3 heterocycles. The second-order valence-corrected chi connectivity index (χ2v) is 9.51. The zero-order valence-corrected chi connectivity index (χ0v) is 19.8. The molecule has 1 atom stereocenters. The summed E-state index contributed by atoms with van der Waals surface area (Å²) >= 11 is 0. The maximum atomic E-state index is 14.7. The molecule has 6 nitrogen and oxygen atoms in total. The first-order valence-electron chi connectivity index (χ1n) is 11.5. The van der Waals surface area contributed by atoms with Crippen LogP contribution in [0.15, 0.2) is 30.5 Å². The molecule has 0 amide bonds. The van der Waals surface area contributed by atoms with Crippen molar-refractivity contribution in [3.63, 3.8) is 0 Å². The van der Waals surface area contributed by atoms with E-state index in [1.54, 1.807) is 20.0 Å². The molecule has 1 saturated heterocycles. The Balaban J connectivity index is 1.63. The molecule has 2 aromatic heterocycles. The van der Waals surface area contributed by atoms with E-state index in [-0.39, 0.29) is 11.5 Å². The lowest BCUT2D eigenvalue weighted by atomic mass is 9.83. The van der Waals surface area contributed by atoms with Crippen molar-refractivity contribution in [1.82, 2.24) is 15.0 Å². The third-order valence-corrected chi connectivity index (χ3v) is 6.61. The van der Waals surface area contributed by atoms with Crippen molar-refractivity contribution >= 4 is 22.5 Å². The van der Waals surface area contributed by atoms with Crippen LogP contribution in [0.1, 0.15) is 63.0 Å². The number of rotatable bonds is 6. The molecule has 0 unspecified atom stereocenters. The molecule has 0 radical (unpaired) electrons. The third-order valence-electron chi connectivity index (χ3n) is 6.61. The van der Waals surface area contributed by atoms with Crippen molar-refractivity contribution in [1.29, 1.82) is 0 Å². The lowest BCUT2D eigenvalue weighted by Gasteiger charge is -2.38. The Labute approximate surface area is 197 Å². The first kappa shape index (κ1) is 24.2. The summed E-state index contributed by atoms with van der Waals surface area (Å²) in [6.07, 6.45) is 0.517. The van der Waals surface area contributed by atoms with Gasteiger partial charge in [-0.1, -0.05) is 18.2 Å². The molecule has 0 bridgehead atoms. The molecule has 1 aliphatic heterocycles. The van der Waals surface area contributed by atoms with Gasteiger partial charge >= 0.3 is 0 Å². The number of fused-ring (bicyclic) bond motifs is 1. The van der Waals surface area contributed by atoms with Crippen molar-refractivity contribution in [3.8, 4) is 0 Å². The van der Waals surface area contributed by atoms with E-state index < -0.39 is 29.4 Å². The number of hydrogen-bond donors (Lipinski definition) is 2. The van der Waals surface area contributed by atoms with Gasteiger partial charge in [-0.15, -0.1) is 0 Å². The Morgan fingerprint density at radius 2 is 1.82 bits per heavy atom. The Morgan fingerprint density at radius 1 is 1.15 bits per heavy atom. The van der Waals surface area contributed by atoms with Crippen LogP contribution in [0.5, 0.6) is 0 Å². The molecule has 3 aromatic rings. The predicted octanol–water partition coefficient (Wildman–Crippen LogP) is 5.57. The number of hydrogen-bond acceptors (Lipinski definition) is 6. The van der Waals surface area contributed by atoms with E-state index in [9.17, 15) is 18.3 Å². The van der Waals surface area contributed by atoms with Gasteiger partial charge in [-0.2, -0.15) is 0 Å². The van der Waals surface area contributed by atoms with E-state index in [0.717, 1.165) is 43.2 Å². The van der Waals surface area contributed by atoms with Gasteiger partial charge in [0.15, 0.2) is 0 Å². The van der Waals surface area contributed by atoms with Gasteiger partial charge in [-0.3, -0.25) is 0 Å². The minimum absolute atomic E-state index is 0.144. The molecule has 182 valence electrons. The SMILES string of the molecule is Cc1nc(N[C@H](C)c2cccc(C(F)F)c2F)c2cc(N3CCC(C(C)(C)O)CC3)ncc2n1. The molecule has 1 aromatic carbocycles. The lowest BCUT2D eigenvalue weighted by Crippen LogP contribution is -2.42. The monoisotopic (exact) mass is 473 g/mol. The Hall–Kier alpha value is -2.94. The number of pyridine rings is 1. The number of halogens is 3. The predicted molar refractivity (Wildman–Crippen MR) is 127 cm³/mol. The second-order valence-electron chi connectivity index (χ2n) is 9.51. The van der Waals surface area contributed by atoms with Gasteiger partial charge < -0.3 is 15.3 Å². The second kappa shape index (κ2) is 9.37. The smallest absolute Gasteiger partial charge is 0.266 e. The van der Waals surface area contributed by atoms with Crippen molar-refractivity contribution in [3.05, 3.63) is 53.2 Å². The molecule has 1 fully saturated rings. The van der Waals surface area contributed by atoms with Crippen LogP contribution in [0.25, 0.3) is 10.9 Å². The maximum absolute atomic E-state index is 14.7. The summed E-state index contributed by atoms with van der Waals surface area (Å²) in [5.74, 6) is 1.10. The number of nitrogens with one attached hydrogen (secondary N) is 1. The maximum Gasteiger partial charge on any atom is 0.266 e. The van der Waals surface area contributed by atoms with Crippen molar-refractivity contribution in [2.75, 3.05) is 23.3 Å². The molecular formula is C25H30F3N5O. The summed E-state index contributed by atoms with van der Waals surface area (Å²) in [7, 11) is 0.